The summed E-state index contributed by atoms with van der Waals surface area (Å²) in [6.45, 7) is 4.93. The van der Waals surface area contributed by atoms with E-state index in [-0.39, 0.29) is 25.7 Å². The number of rotatable bonds is 84. The molecule has 0 rings (SSSR count). The van der Waals surface area contributed by atoms with E-state index in [1.54, 1.807) is 0 Å². The summed E-state index contributed by atoms with van der Waals surface area (Å²) in [6, 6.07) is 0. The Bertz CT molecular complexity index is 2190. The average molecular weight is 1540 g/mol. The molecule has 0 bridgehead atoms. The molecule has 0 radical (unpaired) electrons. The predicted octanol–water partition coefficient (Wildman–Crippen LogP) is 26.0. The minimum Gasteiger partial charge on any atom is -0.462 e. The van der Waals surface area contributed by atoms with Crippen molar-refractivity contribution in [3.63, 3.8) is 0 Å². The lowest BCUT2D eigenvalue weighted by atomic mass is 10.0. The fourth-order valence-electron chi connectivity index (χ4n) is 12.6. The molecule has 0 amide bonds. The largest absolute Gasteiger partial charge is 0.472 e. The van der Waals surface area contributed by atoms with Crippen molar-refractivity contribution < 1.29 is 80.2 Å². The molecule has 106 heavy (non-hydrogen) atoms. The lowest BCUT2D eigenvalue weighted by Crippen LogP contribution is -2.30. The van der Waals surface area contributed by atoms with Crippen molar-refractivity contribution >= 4 is 39.5 Å². The molecule has 622 valence electrons. The summed E-state index contributed by atoms with van der Waals surface area (Å²) < 4.78 is 68.8. The summed E-state index contributed by atoms with van der Waals surface area (Å²) >= 11 is 0. The summed E-state index contributed by atoms with van der Waals surface area (Å²) in [5, 5.41) is 10.7. The second kappa shape index (κ2) is 80.1. The molecule has 0 saturated carbocycles. The maximum Gasteiger partial charge on any atom is 0.472 e. The SMILES string of the molecule is CCCCC/C=C\C/C=C\C/C=C\C/C=C\CCCC(=O)O[C@H](COC(=O)CCCCCCCCCCCCCCCCCCC)COP(=O)(O)OC[C@H](O)COP(=O)(O)OC[C@@H](COC(=O)CCCCCCCCCCCCCCCCCCC)OC(=O)CCCCCCCCCCCCCCCCC. The van der Waals surface area contributed by atoms with E-state index in [1.165, 1.54) is 250 Å². The number of hydrogen-bond donors (Lipinski definition) is 3. The van der Waals surface area contributed by atoms with Crippen molar-refractivity contribution in [1.82, 2.24) is 0 Å². The number of carbonyl (C=O) groups is 4. The predicted molar refractivity (Wildman–Crippen MR) is 437 cm³/mol. The van der Waals surface area contributed by atoms with Crippen molar-refractivity contribution in [2.45, 2.75) is 444 Å². The molecule has 0 fully saturated rings. The third-order valence-corrected chi connectivity index (χ3v) is 21.2. The molecular weight excluding hydrogens is 1380 g/mol. The van der Waals surface area contributed by atoms with E-state index in [9.17, 15) is 43.2 Å². The van der Waals surface area contributed by atoms with E-state index in [2.05, 4.69) is 64.2 Å². The Labute approximate surface area is 648 Å². The van der Waals surface area contributed by atoms with E-state index >= 15 is 0 Å². The molecule has 0 heterocycles. The van der Waals surface area contributed by atoms with Crippen LogP contribution in [0.1, 0.15) is 426 Å². The minimum atomic E-state index is -4.99. The van der Waals surface area contributed by atoms with Gasteiger partial charge in [-0.2, -0.15) is 0 Å². The van der Waals surface area contributed by atoms with Gasteiger partial charge in [-0.1, -0.05) is 385 Å². The molecule has 0 aromatic rings. The van der Waals surface area contributed by atoms with E-state index in [0.29, 0.717) is 32.1 Å². The number of aliphatic hydroxyl groups is 1. The Hall–Kier alpha value is -2.98. The Morgan fingerprint density at radius 3 is 0.745 bits per heavy atom. The van der Waals surface area contributed by atoms with Gasteiger partial charge in [0.1, 0.15) is 19.3 Å². The molecule has 0 aliphatic heterocycles. The number of allylic oxidation sites excluding steroid dienone is 8. The molecule has 0 spiro atoms. The minimum absolute atomic E-state index is 0.0259. The molecule has 3 N–H and O–H groups in total. The average Bonchev–Trinajstić information content (AvgIpc) is 0.902. The Morgan fingerprint density at radius 1 is 0.264 bits per heavy atom. The van der Waals surface area contributed by atoms with Gasteiger partial charge < -0.3 is 33.8 Å². The standard InChI is InChI=1S/C87H162O17P2/c1-5-9-13-17-21-25-29-33-37-40-44-47-51-55-59-63-67-71-84(89)97-77-82(103-86(91)73-69-65-61-57-53-49-43-36-32-28-24-20-16-12-8-4)79-101-105(93,94)99-75-81(88)76-100-106(95,96)102-80-83(104-87(92)74-70-66-62-58-54-50-46-42-39-35-31-27-23-19-15-11-7-3)78-98-85(90)72-68-64-60-56-52-48-45-41-38-34-30-26-22-18-14-10-6-2/h23,27,35,39,46,50,58,62,81-83,88H,5-22,24-26,28-34,36-38,40-45,47-49,51-57,59-61,63-80H2,1-4H3,(H,93,94)(H,95,96)/b27-23-,39-35-,50-46-,62-58-/t81-,82-,83-/m1/s1. The first-order valence-electron chi connectivity index (χ1n) is 43.9. The van der Waals surface area contributed by atoms with Gasteiger partial charge in [0, 0.05) is 25.7 Å². The molecular formula is C87H162O17P2. The van der Waals surface area contributed by atoms with Crippen molar-refractivity contribution in [3.8, 4) is 0 Å². The number of unbranched alkanes of at least 4 members (excludes halogenated alkanes) is 50. The first-order chi connectivity index (χ1) is 51.7. The van der Waals surface area contributed by atoms with E-state index in [4.69, 9.17) is 37.0 Å². The molecule has 0 saturated heterocycles. The number of ether oxygens (including phenoxy) is 4. The van der Waals surface area contributed by atoms with Gasteiger partial charge in [0.15, 0.2) is 12.2 Å². The van der Waals surface area contributed by atoms with E-state index in [0.717, 1.165) is 89.9 Å². The highest BCUT2D eigenvalue weighted by Crippen LogP contribution is 2.45. The molecule has 2 unspecified atom stereocenters. The Morgan fingerprint density at radius 2 is 0.472 bits per heavy atom. The van der Waals surface area contributed by atoms with Crippen LogP contribution in [0.25, 0.3) is 0 Å². The van der Waals surface area contributed by atoms with Gasteiger partial charge >= 0.3 is 39.5 Å². The van der Waals surface area contributed by atoms with Crippen LogP contribution >= 0.6 is 15.6 Å². The summed E-state index contributed by atoms with van der Waals surface area (Å²) in [7, 11) is -9.96. The molecule has 5 atom stereocenters. The van der Waals surface area contributed by atoms with Gasteiger partial charge in [-0.3, -0.25) is 37.3 Å². The molecule has 0 aliphatic carbocycles. The number of hydrogen-bond acceptors (Lipinski definition) is 15. The molecule has 0 aromatic carbocycles. The normalized spacial score (nSPS) is 14.0. The molecule has 17 nitrogen and oxygen atoms in total. The summed E-state index contributed by atoms with van der Waals surface area (Å²) in [6.07, 6.45) is 80.8. The number of aliphatic hydroxyl groups excluding tert-OH is 1. The van der Waals surface area contributed by atoms with Crippen LogP contribution in [0.3, 0.4) is 0 Å². The van der Waals surface area contributed by atoms with Crippen LogP contribution in [-0.4, -0.2) is 96.7 Å². The maximum absolute atomic E-state index is 13.1. The van der Waals surface area contributed by atoms with Gasteiger partial charge in [-0.25, -0.2) is 9.13 Å². The number of carbonyl (C=O) groups excluding carboxylic acids is 4. The van der Waals surface area contributed by atoms with E-state index in [1.807, 2.05) is 12.2 Å². The second-order valence-electron chi connectivity index (χ2n) is 29.9. The van der Waals surface area contributed by atoms with Crippen molar-refractivity contribution in [1.29, 1.82) is 0 Å². The van der Waals surface area contributed by atoms with Crippen LogP contribution in [-0.2, 0) is 65.4 Å². The Kier molecular flexibility index (Phi) is 77.8. The van der Waals surface area contributed by atoms with Gasteiger partial charge in [0.05, 0.1) is 26.4 Å². The molecule has 0 aromatic heterocycles. The summed E-state index contributed by atoms with van der Waals surface area (Å²) in [5.74, 6) is -2.19. The van der Waals surface area contributed by atoms with Gasteiger partial charge in [-0.05, 0) is 64.2 Å². The fourth-order valence-corrected chi connectivity index (χ4v) is 14.2. The summed E-state index contributed by atoms with van der Waals surface area (Å²) in [4.78, 5) is 73.2. The lowest BCUT2D eigenvalue weighted by Gasteiger charge is -2.21. The third-order valence-electron chi connectivity index (χ3n) is 19.3. The lowest BCUT2D eigenvalue weighted by molar-refractivity contribution is -0.161. The van der Waals surface area contributed by atoms with Gasteiger partial charge in [-0.15, -0.1) is 0 Å². The highest BCUT2D eigenvalue weighted by atomic mass is 31.2. The first kappa shape index (κ1) is 103. The molecule has 0 aliphatic rings. The van der Waals surface area contributed by atoms with Crippen LogP contribution in [0.5, 0.6) is 0 Å². The fraction of sp³-hybridized carbons (Fsp3) is 0.862. The van der Waals surface area contributed by atoms with Crippen LogP contribution in [0.15, 0.2) is 48.6 Å². The van der Waals surface area contributed by atoms with Crippen molar-refractivity contribution in [2.24, 2.45) is 0 Å². The second-order valence-corrected chi connectivity index (χ2v) is 32.8. The zero-order valence-electron chi connectivity index (χ0n) is 68.4. The van der Waals surface area contributed by atoms with Crippen LogP contribution < -0.4 is 0 Å². The van der Waals surface area contributed by atoms with E-state index < -0.39 is 97.5 Å². The number of phosphoric acid groups is 2. The quantitative estimate of drug-likeness (QED) is 0.0169. The zero-order chi connectivity index (χ0) is 77.4. The van der Waals surface area contributed by atoms with Crippen LogP contribution in [0, 0.1) is 0 Å². The van der Waals surface area contributed by atoms with Crippen molar-refractivity contribution in [2.75, 3.05) is 39.6 Å². The number of esters is 4. The van der Waals surface area contributed by atoms with Crippen LogP contribution in [0.2, 0.25) is 0 Å². The molecule has 19 heteroatoms. The number of phosphoric ester groups is 2. The van der Waals surface area contributed by atoms with Gasteiger partial charge in [0.25, 0.3) is 0 Å². The monoisotopic (exact) mass is 1540 g/mol. The highest BCUT2D eigenvalue weighted by Gasteiger charge is 2.30. The van der Waals surface area contributed by atoms with Crippen LogP contribution in [0.4, 0.5) is 0 Å². The maximum atomic E-state index is 13.1. The zero-order valence-corrected chi connectivity index (χ0v) is 70.2. The smallest absolute Gasteiger partial charge is 0.462 e. The third kappa shape index (κ3) is 79.1. The summed E-state index contributed by atoms with van der Waals surface area (Å²) in [5.41, 5.74) is 0. The highest BCUT2D eigenvalue weighted by molar-refractivity contribution is 7.47. The Balaban J connectivity index is 5.35. The first-order valence-corrected chi connectivity index (χ1v) is 46.9. The van der Waals surface area contributed by atoms with Gasteiger partial charge in [0.2, 0.25) is 0 Å². The topological polar surface area (TPSA) is 237 Å². The van der Waals surface area contributed by atoms with Crippen molar-refractivity contribution in [3.05, 3.63) is 48.6 Å².